The number of hydrogen-bond acceptors (Lipinski definition) is 4. The van der Waals surface area contributed by atoms with Gasteiger partial charge in [0.1, 0.15) is 4.83 Å². The van der Waals surface area contributed by atoms with Crippen LogP contribution in [0.2, 0.25) is 0 Å². The maximum absolute atomic E-state index is 5.33. The van der Waals surface area contributed by atoms with Crippen molar-refractivity contribution in [3.8, 4) is 56.3 Å². The Kier molecular flexibility index (Phi) is 7.35. The first-order valence-electron chi connectivity index (χ1n) is 18.5. The molecule has 0 N–H and O–H groups in total. The van der Waals surface area contributed by atoms with Gasteiger partial charge in [-0.3, -0.25) is 0 Å². The van der Waals surface area contributed by atoms with Crippen LogP contribution in [0.15, 0.2) is 188 Å². The lowest BCUT2D eigenvalue weighted by Crippen LogP contribution is -1.96. The lowest BCUT2D eigenvalue weighted by atomic mass is 9.92. The molecule has 0 aliphatic heterocycles. The molecule has 0 aliphatic carbocycles. The lowest BCUT2D eigenvalue weighted by Gasteiger charge is -2.13. The fraction of sp³-hybridized carbons (Fsp3) is 0. The molecular formula is C51H31N3S. The third-order valence-corrected chi connectivity index (χ3v) is 11.8. The molecule has 8 aromatic carbocycles. The van der Waals surface area contributed by atoms with Gasteiger partial charge in [-0.05, 0) is 62.3 Å². The van der Waals surface area contributed by atoms with E-state index < -0.39 is 0 Å². The monoisotopic (exact) mass is 717 g/mol. The van der Waals surface area contributed by atoms with Crippen molar-refractivity contribution in [1.82, 2.24) is 15.0 Å². The number of nitrogens with zero attached hydrogens (tertiary/aromatic N) is 3. The van der Waals surface area contributed by atoms with Crippen molar-refractivity contribution in [3.05, 3.63) is 188 Å². The first-order valence-corrected chi connectivity index (χ1v) is 19.3. The van der Waals surface area contributed by atoms with E-state index in [4.69, 9.17) is 15.0 Å². The van der Waals surface area contributed by atoms with Gasteiger partial charge >= 0.3 is 0 Å². The number of fused-ring (bicyclic) bond motifs is 8. The minimum Gasteiger partial charge on any atom is -0.236 e. The highest BCUT2D eigenvalue weighted by Gasteiger charge is 2.17. The van der Waals surface area contributed by atoms with Crippen LogP contribution in [-0.4, -0.2) is 15.0 Å². The third kappa shape index (κ3) is 5.38. The molecule has 0 saturated heterocycles. The van der Waals surface area contributed by atoms with Crippen molar-refractivity contribution in [1.29, 1.82) is 0 Å². The van der Waals surface area contributed by atoms with Gasteiger partial charge in [-0.25, -0.2) is 15.0 Å². The molecule has 256 valence electrons. The summed E-state index contributed by atoms with van der Waals surface area (Å²) in [5, 5.41) is 9.87. The van der Waals surface area contributed by atoms with Crippen LogP contribution in [0.25, 0.3) is 109 Å². The van der Waals surface area contributed by atoms with Crippen molar-refractivity contribution < 1.29 is 0 Å². The molecule has 3 aromatic heterocycles. The van der Waals surface area contributed by atoms with Gasteiger partial charge in [0.25, 0.3) is 0 Å². The zero-order valence-corrected chi connectivity index (χ0v) is 30.5. The van der Waals surface area contributed by atoms with Gasteiger partial charge in [-0.1, -0.05) is 164 Å². The zero-order chi connectivity index (χ0) is 36.3. The van der Waals surface area contributed by atoms with Gasteiger partial charge in [0.15, 0.2) is 5.82 Å². The third-order valence-electron chi connectivity index (χ3n) is 10.7. The first-order chi connectivity index (χ1) is 27.2. The molecule has 0 unspecified atom stereocenters. The van der Waals surface area contributed by atoms with Crippen molar-refractivity contribution in [2.45, 2.75) is 0 Å². The van der Waals surface area contributed by atoms with E-state index in [9.17, 15) is 0 Å². The molecule has 55 heavy (non-hydrogen) atoms. The molecule has 0 atom stereocenters. The van der Waals surface area contributed by atoms with Gasteiger partial charge in [0.05, 0.1) is 17.1 Å². The fourth-order valence-corrected chi connectivity index (χ4v) is 9.15. The standard InChI is InChI=1S/C51H31N3S/c1-2-13-34(14-3-1)50-52-45(33-27-25-32(26-28-33)44-30-35-15-4-5-18-38(35)39-19-6-7-20-40(39)44)31-46(53-50)36-16-12-17-37(29-36)49-42-22-9-8-21-41(42)48-43-23-10-11-24-47(43)55-51(48)54-49/h1-31H. The lowest BCUT2D eigenvalue weighted by molar-refractivity contribution is 1.18. The molecular weight excluding hydrogens is 687 g/mol. The Morgan fingerprint density at radius 3 is 1.76 bits per heavy atom. The largest absolute Gasteiger partial charge is 0.236 e. The van der Waals surface area contributed by atoms with E-state index in [1.54, 1.807) is 11.3 Å². The van der Waals surface area contributed by atoms with Crippen molar-refractivity contribution in [3.63, 3.8) is 0 Å². The van der Waals surface area contributed by atoms with E-state index in [2.05, 4.69) is 170 Å². The Balaban J connectivity index is 1.04. The SMILES string of the molecule is c1ccc(-c2nc(-c3ccc(-c4cc5ccccc5c5ccccc45)cc3)cc(-c3cccc(-c4nc5sc6ccccc6c5c5ccccc45)c3)n2)cc1. The van der Waals surface area contributed by atoms with E-state index in [1.807, 2.05) is 18.2 Å². The molecule has 0 amide bonds. The van der Waals surface area contributed by atoms with Crippen LogP contribution in [0.3, 0.4) is 0 Å². The molecule has 3 nitrogen and oxygen atoms in total. The van der Waals surface area contributed by atoms with Gasteiger partial charge in [0.2, 0.25) is 0 Å². The van der Waals surface area contributed by atoms with Crippen LogP contribution in [-0.2, 0) is 0 Å². The second kappa shape index (κ2) is 12.8. The summed E-state index contributed by atoms with van der Waals surface area (Å²) in [5.74, 6) is 0.693. The second-order valence-electron chi connectivity index (χ2n) is 14.0. The van der Waals surface area contributed by atoms with Gasteiger partial charge in [-0.2, -0.15) is 0 Å². The predicted molar refractivity (Wildman–Crippen MR) is 232 cm³/mol. The number of aromatic nitrogens is 3. The van der Waals surface area contributed by atoms with Crippen LogP contribution in [0, 0.1) is 0 Å². The van der Waals surface area contributed by atoms with E-state index in [0.717, 1.165) is 49.6 Å². The Labute approximate surface area is 321 Å². The van der Waals surface area contributed by atoms with Crippen LogP contribution in [0.1, 0.15) is 0 Å². The molecule has 0 spiro atoms. The van der Waals surface area contributed by atoms with Crippen molar-refractivity contribution in [2.24, 2.45) is 0 Å². The van der Waals surface area contributed by atoms with Crippen molar-refractivity contribution >= 4 is 64.0 Å². The molecule has 0 fully saturated rings. The number of rotatable bonds is 5. The summed E-state index contributed by atoms with van der Waals surface area (Å²) in [7, 11) is 0. The predicted octanol–water partition coefficient (Wildman–Crippen LogP) is 14.0. The highest BCUT2D eigenvalue weighted by atomic mass is 32.1. The van der Waals surface area contributed by atoms with Crippen LogP contribution in [0.5, 0.6) is 0 Å². The highest BCUT2D eigenvalue weighted by Crippen LogP contribution is 2.41. The average molecular weight is 718 g/mol. The van der Waals surface area contributed by atoms with Gasteiger partial charge in [0, 0.05) is 43.1 Å². The zero-order valence-electron chi connectivity index (χ0n) is 29.6. The van der Waals surface area contributed by atoms with Gasteiger partial charge in [-0.15, -0.1) is 11.3 Å². The molecule has 4 heteroatoms. The van der Waals surface area contributed by atoms with E-state index in [-0.39, 0.29) is 0 Å². The topological polar surface area (TPSA) is 38.7 Å². The number of thiophene rings is 1. The van der Waals surface area contributed by atoms with Crippen LogP contribution < -0.4 is 0 Å². The maximum Gasteiger partial charge on any atom is 0.160 e. The summed E-state index contributed by atoms with van der Waals surface area (Å²) >= 11 is 1.75. The average Bonchev–Trinajstić information content (AvgIpc) is 3.65. The highest BCUT2D eigenvalue weighted by molar-refractivity contribution is 7.25. The quantitative estimate of drug-likeness (QED) is 0.166. The van der Waals surface area contributed by atoms with E-state index in [1.165, 1.54) is 53.5 Å². The number of pyridine rings is 1. The summed E-state index contributed by atoms with van der Waals surface area (Å²) in [4.78, 5) is 16.7. The summed E-state index contributed by atoms with van der Waals surface area (Å²) in [5.41, 5.74) is 9.19. The molecule has 0 aliphatic rings. The normalized spacial score (nSPS) is 11.6. The molecule has 0 radical (unpaired) electrons. The number of hydrogen-bond donors (Lipinski definition) is 0. The Morgan fingerprint density at radius 1 is 0.345 bits per heavy atom. The summed E-state index contributed by atoms with van der Waals surface area (Å²) in [6.07, 6.45) is 0. The summed E-state index contributed by atoms with van der Waals surface area (Å²) < 4.78 is 1.25. The molecule has 0 bridgehead atoms. The Hall–Kier alpha value is -7.01. The molecule has 0 saturated carbocycles. The van der Waals surface area contributed by atoms with Crippen LogP contribution in [0.4, 0.5) is 0 Å². The maximum atomic E-state index is 5.33. The smallest absolute Gasteiger partial charge is 0.160 e. The molecule has 11 aromatic rings. The van der Waals surface area contributed by atoms with Crippen LogP contribution >= 0.6 is 11.3 Å². The van der Waals surface area contributed by atoms with Crippen molar-refractivity contribution in [2.75, 3.05) is 0 Å². The number of benzene rings is 8. The summed E-state index contributed by atoms with van der Waals surface area (Å²) in [6, 6.07) is 66.7. The van der Waals surface area contributed by atoms with E-state index in [0.29, 0.717) is 5.82 Å². The minimum atomic E-state index is 0.693. The van der Waals surface area contributed by atoms with Gasteiger partial charge < -0.3 is 0 Å². The molecule has 3 heterocycles. The van der Waals surface area contributed by atoms with E-state index >= 15 is 0 Å². The Bertz CT molecular complexity index is 3260. The summed E-state index contributed by atoms with van der Waals surface area (Å²) in [6.45, 7) is 0. The molecule has 11 rings (SSSR count). The fourth-order valence-electron chi connectivity index (χ4n) is 8.06. The Morgan fingerprint density at radius 2 is 0.945 bits per heavy atom. The second-order valence-corrected chi connectivity index (χ2v) is 15.0. The first kappa shape index (κ1) is 31.5. The minimum absolute atomic E-state index is 0.693.